The molecule has 2 amide bonds. The van der Waals surface area contributed by atoms with Gasteiger partial charge in [-0.05, 0) is 38.3 Å². The number of likely N-dealkylation sites (tertiary alicyclic amines) is 1. The van der Waals surface area contributed by atoms with Gasteiger partial charge in [-0.3, -0.25) is 9.59 Å². The van der Waals surface area contributed by atoms with E-state index in [1.54, 1.807) is 4.90 Å². The summed E-state index contributed by atoms with van der Waals surface area (Å²) in [6.45, 7) is 3.78. The number of nitrogens with zero attached hydrogens (tertiary/aromatic N) is 2. The molecule has 2 aliphatic heterocycles. The Morgan fingerprint density at radius 1 is 1.25 bits per heavy atom. The van der Waals surface area contributed by atoms with Crippen molar-refractivity contribution >= 4 is 29.9 Å². The molecule has 24 heavy (non-hydrogen) atoms. The number of aryl methyl sites for hydroxylation is 1. The van der Waals surface area contributed by atoms with E-state index in [-0.39, 0.29) is 36.2 Å². The normalized spacial score (nSPS) is 24.0. The zero-order valence-electron chi connectivity index (χ0n) is 14.1. The van der Waals surface area contributed by atoms with E-state index in [9.17, 15) is 9.59 Å². The number of hydrogen-bond donors (Lipinski definition) is 1. The van der Waals surface area contributed by atoms with E-state index >= 15 is 0 Å². The van der Waals surface area contributed by atoms with E-state index in [2.05, 4.69) is 0 Å². The van der Waals surface area contributed by atoms with E-state index in [1.165, 1.54) is 0 Å². The Morgan fingerprint density at radius 2 is 1.96 bits per heavy atom. The average Bonchev–Trinajstić information content (AvgIpc) is 2.96. The van der Waals surface area contributed by atoms with Crippen molar-refractivity contribution < 1.29 is 9.59 Å². The number of benzene rings is 1. The van der Waals surface area contributed by atoms with Crippen LogP contribution in [0.3, 0.4) is 0 Å². The highest BCUT2D eigenvalue weighted by Gasteiger charge is 2.39. The summed E-state index contributed by atoms with van der Waals surface area (Å²) in [5, 5.41) is 0. The number of piperidine rings is 1. The van der Waals surface area contributed by atoms with Gasteiger partial charge in [0.25, 0.3) is 0 Å². The molecule has 3 rings (SSSR count). The van der Waals surface area contributed by atoms with Gasteiger partial charge in [-0.15, -0.1) is 12.4 Å². The molecule has 2 N–H and O–H groups in total. The highest BCUT2D eigenvalue weighted by Crippen LogP contribution is 2.28. The van der Waals surface area contributed by atoms with Gasteiger partial charge in [0.1, 0.15) is 0 Å². The molecule has 132 valence electrons. The first kappa shape index (κ1) is 18.7. The molecule has 0 spiro atoms. The lowest BCUT2D eigenvalue weighted by Crippen LogP contribution is -2.50. The van der Waals surface area contributed by atoms with Crippen LogP contribution < -0.4 is 10.6 Å². The molecule has 5 nitrogen and oxygen atoms in total. The Morgan fingerprint density at radius 3 is 2.62 bits per heavy atom. The van der Waals surface area contributed by atoms with Gasteiger partial charge in [-0.2, -0.15) is 0 Å². The first-order valence-electron chi connectivity index (χ1n) is 8.47. The van der Waals surface area contributed by atoms with Crippen molar-refractivity contribution in [3.63, 3.8) is 0 Å². The lowest BCUT2D eigenvalue weighted by Gasteiger charge is -2.36. The number of anilines is 1. The quantitative estimate of drug-likeness (QED) is 0.907. The van der Waals surface area contributed by atoms with E-state index < -0.39 is 0 Å². The molecule has 0 saturated carbocycles. The fourth-order valence-electron chi connectivity index (χ4n) is 3.62. The van der Waals surface area contributed by atoms with Crippen molar-refractivity contribution in [1.29, 1.82) is 0 Å². The van der Waals surface area contributed by atoms with Crippen molar-refractivity contribution in [3.8, 4) is 0 Å². The predicted octanol–water partition coefficient (Wildman–Crippen LogP) is 2.11. The molecule has 2 saturated heterocycles. The van der Waals surface area contributed by atoms with Crippen LogP contribution in [0.25, 0.3) is 0 Å². The van der Waals surface area contributed by atoms with Crippen LogP contribution in [0.2, 0.25) is 0 Å². The van der Waals surface area contributed by atoms with Crippen LogP contribution in [-0.4, -0.2) is 42.4 Å². The highest BCUT2D eigenvalue weighted by molar-refractivity contribution is 6.00. The summed E-state index contributed by atoms with van der Waals surface area (Å²) in [6, 6.07) is 8.02. The second kappa shape index (κ2) is 7.99. The first-order chi connectivity index (χ1) is 11.1. The third-order valence-electron chi connectivity index (χ3n) is 5.00. The molecule has 1 aromatic carbocycles. The van der Waals surface area contributed by atoms with E-state index in [0.29, 0.717) is 19.5 Å². The van der Waals surface area contributed by atoms with Crippen molar-refractivity contribution in [3.05, 3.63) is 29.8 Å². The van der Waals surface area contributed by atoms with Crippen molar-refractivity contribution in [1.82, 2.24) is 4.90 Å². The van der Waals surface area contributed by atoms with Gasteiger partial charge in [-0.1, -0.05) is 17.7 Å². The minimum atomic E-state index is -0.240. The van der Waals surface area contributed by atoms with Crippen LogP contribution in [0.15, 0.2) is 24.3 Å². The maximum absolute atomic E-state index is 12.8. The zero-order valence-corrected chi connectivity index (χ0v) is 14.9. The van der Waals surface area contributed by atoms with Gasteiger partial charge in [0, 0.05) is 37.8 Å². The zero-order chi connectivity index (χ0) is 16.4. The summed E-state index contributed by atoms with van der Waals surface area (Å²) in [5.41, 5.74) is 7.86. The Kier molecular flexibility index (Phi) is 6.24. The van der Waals surface area contributed by atoms with Crippen LogP contribution in [0.5, 0.6) is 0 Å². The van der Waals surface area contributed by atoms with Crippen molar-refractivity contribution in [2.75, 3.05) is 24.5 Å². The molecule has 2 fully saturated rings. The Labute approximate surface area is 149 Å². The summed E-state index contributed by atoms with van der Waals surface area (Å²) >= 11 is 0. The van der Waals surface area contributed by atoms with Crippen LogP contribution in [0.4, 0.5) is 5.69 Å². The van der Waals surface area contributed by atoms with Gasteiger partial charge in [-0.25, -0.2) is 0 Å². The largest absolute Gasteiger partial charge is 0.338 e. The third kappa shape index (κ3) is 3.73. The second-order valence-corrected chi connectivity index (χ2v) is 6.66. The summed E-state index contributed by atoms with van der Waals surface area (Å²) < 4.78 is 0. The second-order valence-electron chi connectivity index (χ2n) is 6.66. The number of amides is 2. The van der Waals surface area contributed by atoms with E-state index in [4.69, 9.17) is 5.73 Å². The molecule has 1 aromatic rings. The van der Waals surface area contributed by atoms with Crippen molar-refractivity contribution in [2.24, 2.45) is 11.7 Å². The lowest BCUT2D eigenvalue weighted by atomic mass is 9.98. The number of carbonyl (C=O) groups is 2. The molecule has 0 aliphatic carbocycles. The topological polar surface area (TPSA) is 66.6 Å². The molecule has 0 aromatic heterocycles. The molecular formula is C18H26ClN3O2. The standard InChI is InChI=1S/C18H25N3O2.ClH/c1-13-5-7-15(8-6-13)21-12-14(10-17(21)22)18(23)20-9-3-2-4-16(20)11-19;/h5-8,14,16H,2-4,9-12,19H2,1H3;1H. The van der Waals surface area contributed by atoms with Gasteiger partial charge in [0.2, 0.25) is 11.8 Å². The van der Waals surface area contributed by atoms with Crippen LogP contribution >= 0.6 is 12.4 Å². The third-order valence-corrected chi connectivity index (χ3v) is 5.00. The van der Waals surface area contributed by atoms with E-state index in [1.807, 2.05) is 36.1 Å². The molecule has 0 bridgehead atoms. The molecule has 2 heterocycles. The van der Waals surface area contributed by atoms with Gasteiger partial charge in [0.05, 0.1) is 5.92 Å². The summed E-state index contributed by atoms with van der Waals surface area (Å²) in [6.07, 6.45) is 3.44. The number of halogens is 1. The minimum absolute atomic E-state index is 0. The number of nitrogens with two attached hydrogens (primary N) is 1. The van der Waals surface area contributed by atoms with Gasteiger partial charge >= 0.3 is 0 Å². The van der Waals surface area contributed by atoms with Gasteiger partial charge < -0.3 is 15.5 Å². The minimum Gasteiger partial charge on any atom is -0.338 e. The molecular weight excluding hydrogens is 326 g/mol. The predicted molar refractivity (Wildman–Crippen MR) is 97.3 cm³/mol. The van der Waals surface area contributed by atoms with Gasteiger partial charge in [0.15, 0.2) is 0 Å². The summed E-state index contributed by atoms with van der Waals surface area (Å²) in [7, 11) is 0. The van der Waals surface area contributed by atoms with E-state index in [0.717, 1.165) is 37.1 Å². The average molecular weight is 352 g/mol. The molecule has 2 atom stereocenters. The fraction of sp³-hybridized carbons (Fsp3) is 0.556. The van der Waals surface area contributed by atoms with Crippen LogP contribution in [0.1, 0.15) is 31.2 Å². The lowest BCUT2D eigenvalue weighted by molar-refractivity contribution is -0.139. The molecule has 6 heteroatoms. The molecule has 0 radical (unpaired) electrons. The Hall–Kier alpha value is -1.59. The van der Waals surface area contributed by atoms with Crippen LogP contribution in [0, 0.1) is 12.8 Å². The SMILES string of the molecule is Cc1ccc(N2CC(C(=O)N3CCCCC3CN)CC2=O)cc1.Cl. The maximum Gasteiger partial charge on any atom is 0.228 e. The smallest absolute Gasteiger partial charge is 0.228 e. The first-order valence-corrected chi connectivity index (χ1v) is 8.47. The monoisotopic (exact) mass is 351 g/mol. The Bertz CT molecular complexity index is 590. The Balaban J connectivity index is 0.00000208. The molecule has 2 unspecified atom stereocenters. The van der Waals surface area contributed by atoms with Crippen LogP contribution in [-0.2, 0) is 9.59 Å². The fourth-order valence-corrected chi connectivity index (χ4v) is 3.62. The summed E-state index contributed by atoms with van der Waals surface area (Å²) in [5.74, 6) is -0.104. The summed E-state index contributed by atoms with van der Waals surface area (Å²) in [4.78, 5) is 28.8. The van der Waals surface area contributed by atoms with Crippen molar-refractivity contribution in [2.45, 2.75) is 38.6 Å². The highest BCUT2D eigenvalue weighted by atomic mass is 35.5. The maximum atomic E-state index is 12.8. The molecule has 2 aliphatic rings. The number of rotatable bonds is 3. The number of carbonyl (C=O) groups excluding carboxylic acids is 2. The number of hydrogen-bond acceptors (Lipinski definition) is 3.